The Morgan fingerprint density at radius 1 is 1.28 bits per heavy atom. The predicted molar refractivity (Wildman–Crippen MR) is 118 cm³/mol. The van der Waals surface area contributed by atoms with E-state index in [1.54, 1.807) is 34.0 Å². The maximum atomic E-state index is 13.4. The number of halogens is 3. The third-order valence-electron chi connectivity index (χ3n) is 4.78. The molecule has 1 aliphatic rings. The number of fused-ring (bicyclic) bond motifs is 1. The van der Waals surface area contributed by atoms with Crippen LogP contribution >= 0.6 is 39.1 Å². The average Bonchev–Trinajstić information content (AvgIpc) is 3.06. The topological polar surface area (TPSA) is 63.1 Å². The molecule has 0 radical (unpaired) electrons. The Bertz CT molecular complexity index is 1100. The van der Waals surface area contributed by atoms with Gasteiger partial charge in [0.2, 0.25) is 0 Å². The van der Waals surface area contributed by atoms with E-state index in [4.69, 9.17) is 23.2 Å². The number of hydrogen-bond donors (Lipinski definition) is 1. The molecule has 9 heteroatoms. The van der Waals surface area contributed by atoms with Crippen molar-refractivity contribution < 1.29 is 4.79 Å². The van der Waals surface area contributed by atoms with Gasteiger partial charge in [0.25, 0.3) is 5.91 Å². The van der Waals surface area contributed by atoms with Crippen LogP contribution in [0.2, 0.25) is 10.0 Å². The van der Waals surface area contributed by atoms with Gasteiger partial charge in [-0.1, -0.05) is 30.1 Å². The van der Waals surface area contributed by atoms with Gasteiger partial charge in [-0.05, 0) is 65.2 Å². The van der Waals surface area contributed by atoms with Crippen molar-refractivity contribution in [1.29, 1.82) is 0 Å². The monoisotopic (exact) mass is 493 g/mol. The lowest BCUT2D eigenvalue weighted by atomic mass is 10.0. The Morgan fingerprint density at radius 2 is 2.07 bits per heavy atom. The number of nitrogens with zero attached hydrogens (tertiary/aromatic N) is 4. The second-order valence-electron chi connectivity index (χ2n) is 6.80. The molecule has 1 aliphatic heterocycles. The molecule has 29 heavy (non-hydrogen) atoms. The SMILES string of the molecule is CCCN1C(=O)c2cc(Cl)cc(C)c2NC1c1cc(Br)nn1-c1ncccc1Cl. The molecule has 0 fully saturated rings. The highest BCUT2D eigenvalue weighted by atomic mass is 79.9. The van der Waals surface area contributed by atoms with Gasteiger partial charge in [-0.25, -0.2) is 9.67 Å². The van der Waals surface area contributed by atoms with Gasteiger partial charge in [-0.15, -0.1) is 0 Å². The van der Waals surface area contributed by atoms with E-state index in [2.05, 4.69) is 31.3 Å². The zero-order chi connectivity index (χ0) is 20.7. The van der Waals surface area contributed by atoms with Crippen LogP contribution in [-0.2, 0) is 0 Å². The Kier molecular flexibility index (Phi) is 5.55. The minimum absolute atomic E-state index is 0.0767. The number of benzene rings is 1. The summed E-state index contributed by atoms with van der Waals surface area (Å²) >= 11 is 16.0. The molecule has 1 N–H and O–H groups in total. The fourth-order valence-corrected chi connectivity index (χ4v) is 4.43. The molecule has 0 bridgehead atoms. The van der Waals surface area contributed by atoms with Crippen molar-refractivity contribution in [1.82, 2.24) is 19.7 Å². The molecule has 4 rings (SSSR count). The fourth-order valence-electron chi connectivity index (χ4n) is 3.56. The van der Waals surface area contributed by atoms with Gasteiger partial charge >= 0.3 is 0 Å². The number of carbonyl (C=O) groups is 1. The van der Waals surface area contributed by atoms with Crippen LogP contribution in [0.15, 0.2) is 41.1 Å². The molecule has 1 unspecified atom stereocenters. The molecule has 0 saturated carbocycles. The molecule has 150 valence electrons. The van der Waals surface area contributed by atoms with Gasteiger partial charge in [0, 0.05) is 17.8 Å². The zero-order valence-corrected chi connectivity index (χ0v) is 18.9. The number of nitrogens with one attached hydrogen (secondary N) is 1. The van der Waals surface area contributed by atoms with Crippen LogP contribution in [0.1, 0.15) is 41.1 Å². The summed E-state index contributed by atoms with van der Waals surface area (Å²) in [7, 11) is 0. The predicted octanol–water partition coefficient (Wildman–Crippen LogP) is 5.62. The zero-order valence-electron chi connectivity index (χ0n) is 15.8. The quantitative estimate of drug-likeness (QED) is 0.511. The van der Waals surface area contributed by atoms with Gasteiger partial charge in [-0.2, -0.15) is 5.10 Å². The molecular formula is C20H18BrCl2N5O. The van der Waals surface area contributed by atoms with Crippen LogP contribution in [0.3, 0.4) is 0 Å². The van der Waals surface area contributed by atoms with Gasteiger partial charge in [0.15, 0.2) is 5.82 Å². The first-order valence-electron chi connectivity index (χ1n) is 9.14. The highest BCUT2D eigenvalue weighted by Gasteiger charge is 2.36. The van der Waals surface area contributed by atoms with Crippen LogP contribution in [0, 0.1) is 6.92 Å². The van der Waals surface area contributed by atoms with Crippen LogP contribution < -0.4 is 5.32 Å². The first-order chi connectivity index (χ1) is 13.9. The van der Waals surface area contributed by atoms with Crippen LogP contribution in [0.5, 0.6) is 0 Å². The van der Waals surface area contributed by atoms with E-state index in [0.717, 1.165) is 23.4 Å². The molecule has 0 aliphatic carbocycles. The first kappa shape index (κ1) is 20.2. The molecule has 1 atom stereocenters. The van der Waals surface area contributed by atoms with Crippen molar-refractivity contribution in [2.75, 3.05) is 11.9 Å². The molecule has 1 amide bonds. The summed E-state index contributed by atoms with van der Waals surface area (Å²) in [4.78, 5) is 19.5. The van der Waals surface area contributed by atoms with Crippen molar-refractivity contribution in [3.63, 3.8) is 0 Å². The molecule has 6 nitrogen and oxygen atoms in total. The van der Waals surface area contributed by atoms with Crippen molar-refractivity contribution in [2.45, 2.75) is 26.4 Å². The van der Waals surface area contributed by atoms with Crippen LogP contribution in [0.25, 0.3) is 5.82 Å². The maximum absolute atomic E-state index is 13.4. The van der Waals surface area contributed by atoms with E-state index in [1.807, 2.05) is 26.0 Å². The van der Waals surface area contributed by atoms with Crippen molar-refractivity contribution >= 4 is 50.7 Å². The molecule has 0 spiro atoms. The second-order valence-corrected chi connectivity index (χ2v) is 8.46. The summed E-state index contributed by atoms with van der Waals surface area (Å²) in [6.07, 6.45) is 2.02. The Morgan fingerprint density at radius 3 is 2.79 bits per heavy atom. The van der Waals surface area contributed by atoms with E-state index in [9.17, 15) is 4.79 Å². The first-order valence-corrected chi connectivity index (χ1v) is 10.7. The highest BCUT2D eigenvalue weighted by Crippen LogP contribution is 2.38. The lowest BCUT2D eigenvalue weighted by Crippen LogP contribution is -2.44. The smallest absolute Gasteiger partial charge is 0.257 e. The Labute approximate surface area is 187 Å². The summed E-state index contributed by atoms with van der Waals surface area (Å²) in [6, 6.07) is 8.94. The number of anilines is 1. The van der Waals surface area contributed by atoms with Crippen LogP contribution in [0.4, 0.5) is 5.69 Å². The molecule has 0 saturated heterocycles. The summed E-state index contributed by atoms with van der Waals surface area (Å²) in [5, 5.41) is 9.04. The molecule has 3 aromatic rings. The lowest BCUT2D eigenvalue weighted by Gasteiger charge is -2.38. The minimum Gasteiger partial charge on any atom is -0.359 e. The fraction of sp³-hybridized carbons (Fsp3) is 0.250. The van der Waals surface area contributed by atoms with Gasteiger partial charge in [0.05, 0.1) is 22.0 Å². The third-order valence-corrected chi connectivity index (χ3v) is 5.68. The summed E-state index contributed by atoms with van der Waals surface area (Å²) in [5.74, 6) is 0.423. The Balaban J connectivity index is 1.88. The van der Waals surface area contributed by atoms with Crippen molar-refractivity contribution in [3.8, 4) is 5.82 Å². The summed E-state index contributed by atoms with van der Waals surface area (Å²) < 4.78 is 2.29. The average molecular weight is 495 g/mol. The van der Waals surface area contributed by atoms with Crippen molar-refractivity contribution in [3.05, 3.63) is 68.0 Å². The summed E-state index contributed by atoms with van der Waals surface area (Å²) in [5.41, 5.74) is 3.00. The molecule has 2 aromatic heterocycles. The maximum Gasteiger partial charge on any atom is 0.257 e. The summed E-state index contributed by atoms with van der Waals surface area (Å²) in [6.45, 7) is 4.53. The van der Waals surface area contributed by atoms with E-state index in [1.165, 1.54) is 0 Å². The second kappa shape index (κ2) is 7.97. The van der Waals surface area contributed by atoms with E-state index < -0.39 is 6.17 Å². The number of rotatable bonds is 4. The minimum atomic E-state index is -0.438. The Hall–Kier alpha value is -2.09. The van der Waals surface area contributed by atoms with E-state index in [0.29, 0.717) is 32.6 Å². The lowest BCUT2D eigenvalue weighted by molar-refractivity contribution is 0.0677. The van der Waals surface area contributed by atoms with E-state index >= 15 is 0 Å². The number of aryl methyl sites for hydroxylation is 1. The standard InChI is InChI=1S/C20H18BrCl2N5O/c1-3-7-27-19(25-17-11(2)8-12(22)9-13(17)20(27)29)15-10-16(21)26-28(15)18-14(23)5-4-6-24-18/h4-6,8-10,19,25H,3,7H2,1-2H3. The van der Waals surface area contributed by atoms with Gasteiger partial charge < -0.3 is 10.2 Å². The van der Waals surface area contributed by atoms with Gasteiger partial charge in [-0.3, -0.25) is 4.79 Å². The van der Waals surface area contributed by atoms with Crippen LogP contribution in [-0.4, -0.2) is 32.1 Å². The molecular weight excluding hydrogens is 477 g/mol. The molecule has 1 aromatic carbocycles. The molecule has 3 heterocycles. The normalized spacial score (nSPS) is 16.0. The van der Waals surface area contributed by atoms with Gasteiger partial charge in [0.1, 0.15) is 10.8 Å². The largest absolute Gasteiger partial charge is 0.359 e. The number of carbonyl (C=O) groups excluding carboxylic acids is 1. The van der Waals surface area contributed by atoms with Crippen molar-refractivity contribution in [2.24, 2.45) is 0 Å². The number of pyridine rings is 1. The highest BCUT2D eigenvalue weighted by molar-refractivity contribution is 9.10. The number of amides is 1. The third kappa shape index (κ3) is 3.63. The van der Waals surface area contributed by atoms with E-state index in [-0.39, 0.29) is 5.91 Å². The number of hydrogen-bond acceptors (Lipinski definition) is 4. The number of aromatic nitrogens is 3.